The molecule has 0 aliphatic carbocycles. The largest absolute Gasteiger partial charge is 0.497 e. The molecule has 1 heterocycles. The number of carbonyl (C=O) groups excluding carboxylic acids is 1. The monoisotopic (exact) mass is 395 g/mol. The van der Waals surface area contributed by atoms with Crippen LogP contribution < -0.4 is 20.5 Å². The van der Waals surface area contributed by atoms with E-state index in [0.29, 0.717) is 28.3 Å². The molecule has 3 aromatic rings. The third-order valence-corrected chi connectivity index (χ3v) is 4.42. The zero-order chi connectivity index (χ0) is 20.8. The summed E-state index contributed by atoms with van der Waals surface area (Å²) < 4.78 is 24.0. The number of hydrogen-bond acceptors (Lipinski definition) is 5. The number of nitrogens with one attached hydrogen (secondary N) is 1. The number of ether oxygens (including phenoxy) is 2. The van der Waals surface area contributed by atoms with E-state index < -0.39 is 5.82 Å². The standard InChI is InChI=1S/C22H22FN3O3/c1-28-19-5-6-25-18(11-19)13-26-22(27)16-8-14(12-24)7-15(9-16)20-4-3-17(23)10-21(20)29-2/h3-11H,12-13,24H2,1-2H3,(H,26,27). The van der Waals surface area contributed by atoms with Crippen molar-refractivity contribution in [3.8, 4) is 22.6 Å². The molecule has 0 fully saturated rings. The number of hydrogen-bond donors (Lipinski definition) is 2. The molecule has 7 heteroatoms. The Balaban J connectivity index is 1.87. The van der Waals surface area contributed by atoms with Gasteiger partial charge in [-0.1, -0.05) is 0 Å². The Kier molecular flexibility index (Phi) is 6.41. The molecule has 0 saturated carbocycles. The molecule has 1 amide bonds. The summed E-state index contributed by atoms with van der Waals surface area (Å²) in [5.41, 5.74) is 9.09. The Bertz CT molecular complexity index is 1020. The third-order valence-electron chi connectivity index (χ3n) is 4.42. The Morgan fingerprint density at radius 3 is 2.66 bits per heavy atom. The molecule has 0 saturated heterocycles. The maximum atomic E-state index is 13.5. The lowest BCUT2D eigenvalue weighted by molar-refractivity contribution is 0.0950. The summed E-state index contributed by atoms with van der Waals surface area (Å²) in [5.74, 6) is 0.378. The van der Waals surface area contributed by atoms with Crippen LogP contribution in [0.5, 0.6) is 11.5 Å². The average molecular weight is 395 g/mol. The molecule has 0 aliphatic rings. The predicted octanol–water partition coefficient (Wildman–Crippen LogP) is 3.29. The van der Waals surface area contributed by atoms with Crippen LogP contribution in [0, 0.1) is 5.82 Å². The van der Waals surface area contributed by atoms with Crippen molar-refractivity contribution in [2.75, 3.05) is 14.2 Å². The van der Waals surface area contributed by atoms with Gasteiger partial charge >= 0.3 is 0 Å². The van der Waals surface area contributed by atoms with Crippen molar-refractivity contribution in [3.63, 3.8) is 0 Å². The fourth-order valence-corrected chi connectivity index (χ4v) is 2.95. The van der Waals surface area contributed by atoms with Gasteiger partial charge < -0.3 is 20.5 Å². The second kappa shape index (κ2) is 9.16. The molecule has 3 rings (SSSR count). The van der Waals surface area contributed by atoms with Gasteiger partial charge in [-0.25, -0.2) is 4.39 Å². The predicted molar refractivity (Wildman–Crippen MR) is 108 cm³/mol. The lowest BCUT2D eigenvalue weighted by Gasteiger charge is -2.13. The van der Waals surface area contributed by atoms with E-state index in [1.54, 1.807) is 43.6 Å². The third kappa shape index (κ3) is 4.89. The van der Waals surface area contributed by atoms with E-state index in [-0.39, 0.29) is 19.0 Å². The van der Waals surface area contributed by atoms with Crippen LogP contribution in [0.4, 0.5) is 4.39 Å². The van der Waals surface area contributed by atoms with Gasteiger partial charge in [0.1, 0.15) is 17.3 Å². The van der Waals surface area contributed by atoms with E-state index >= 15 is 0 Å². The van der Waals surface area contributed by atoms with E-state index in [2.05, 4.69) is 10.3 Å². The van der Waals surface area contributed by atoms with Gasteiger partial charge in [-0.2, -0.15) is 0 Å². The molecular weight excluding hydrogens is 373 g/mol. The Morgan fingerprint density at radius 1 is 1.10 bits per heavy atom. The van der Waals surface area contributed by atoms with Gasteiger partial charge in [0.2, 0.25) is 0 Å². The summed E-state index contributed by atoms with van der Waals surface area (Å²) in [6, 6.07) is 13.1. The normalized spacial score (nSPS) is 10.5. The number of amides is 1. The van der Waals surface area contributed by atoms with Crippen molar-refractivity contribution < 1.29 is 18.7 Å². The highest BCUT2D eigenvalue weighted by atomic mass is 19.1. The fourth-order valence-electron chi connectivity index (χ4n) is 2.95. The van der Waals surface area contributed by atoms with Crippen molar-refractivity contribution in [1.29, 1.82) is 0 Å². The van der Waals surface area contributed by atoms with Crippen LogP contribution in [0.3, 0.4) is 0 Å². The number of methoxy groups -OCH3 is 2. The van der Waals surface area contributed by atoms with Crippen LogP contribution in [0.1, 0.15) is 21.6 Å². The molecule has 29 heavy (non-hydrogen) atoms. The van der Waals surface area contributed by atoms with Gasteiger partial charge in [-0.05, 0) is 47.5 Å². The first kappa shape index (κ1) is 20.3. The average Bonchev–Trinajstić information content (AvgIpc) is 2.77. The quantitative estimate of drug-likeness (QED) is 0.641. The second-order valence-corrected chi connectivity index (χ2v) is 6.34. The summed E-state index contributed by atoms with van der Waals surface area (Å²) >= 11 is 0. The molecule has 150 valence electrons. The molecule has 0 aliphatic heterocycles. The van der Waals surface area contributed by atoms with E-state index in [1.165, 1.54) is 19.2 Å². The van der Waals surface area contributed by atoms with Gasteiger partial charge in [-0.3, -0.25) is 9.78 Å². The number of nitrogens with two attached hydrogens (primary N) is 1. The zero-order valence-corrected chi connectivity index (χ0v) is 16.2. The first-order valence-electron chi connectivity index (χ1n) is 8.99. The zero-order valence-electron chi connectivity index (χ0n) is 16.2. The van der Waals surface area contributed by atoms with Gasteiger partial charge in [0, 0.05) is 36.0 Å². The number of halogens is 1. The molecule has 0 radical (unpaired) electrons. The highest BCUT2D eigenvalue weighted by Crippen LogP contribution is 2.32. The highest BCUT2D eigenvalue weighted by molar-refractivity contribution is 5.96. The van der Waals surface area contributed by atoms with Crippen molar-refractivity contribution in [2.45, 2.75) is 13.1 Å². The molecular formula is C22H22FN3O3. The van der Waals surface area contributed by atoms with Crippen LogP contribution in [-0.2, 0) is 13.1 Å². The van der Waals surface area contributed by atoms with Gasteiger partial charge in [0.25, 0.3) is 5.91 Å². The molecule has 2 aromatic carbocycles. The lowest BCUT2D eigenvalue weighted by Crippen LogP contribution is -2.23. The summed E-state index contributed by atoms with van der Waals surface area (Å²) in [4.78, 5) is 16.9. The number of pyridine rings is 1. The Labute approximate surface area is 168 Å². The summed E-state index contributed by atoms with van der Waals surface area (Å²) in [5, 5.41) is 2.85. The number of benzene rings is 2. The SMILES string of the molecule is COc1ccnc(CNC(=O)c2cc(CN)cc(-c3ccc(F)cc3OC)c2)c1. The van der Waals surface area contributed by atoms with E-state index in [9.17, 15) is 9.18 Å². The second-order valence-electron chi connectivity index (χ2n) is 6.34. The van der Waals surface area contributed by atoms with Crippen LogP contribution in [-0.4, -0.2) is 25.1 Å². The fraction of sp³-hybridized carbons (Fsp3) is 0.182. The number of nitrogens with zero attached hydrogens (tertiary/aromatic N) is 1. The summed E-state index contributed by atoms with van der Waals surface area (Å²) in [6.07, 6.45) is 1.62. The first-order valence-corrected chi connectivity index (χ1v) is 8.99. The summed E-state index contributed by atoms with van der Waals surface area (Å²) in [7, 11) is 3.04. The molecule has 0 spiro atoms. The van der Waals surface area contributed by atoms with E-state index in [4.69, 9.17) is 15.2 Å². The molecule has 0 unspecified atom stereocenters. The van der Waals surface area contributed by atoms with Crippen molar-refractivity contribution in [1.82, 2.24) is 10.3 Å². The van der Waals surface area contributed by atoms with Crippen molar-refractivity contribution >= 4 is 5.91 Å². The maximum absolute atomic E-state index is 13.5. The molecule has 3 N–H and O–H groups in total. The summed E-state index contributed by atoms with van der Waals surface area (Å²) in [6.45, 7) is 0.507. The van der Waals surface area contributed by atoms with Crippen LogP contribution in [0.15, 0.2) is 54.7 Å². The number of aromatic nitrogens is 1. The van der Waals surface area contributed by atoms with Crippen LogP contribution in [0.2, 0.25) is 0 Å². The minimum atomic E-state index is -0.399. The minimum Gasteiger partial charge on any atom is -0.497 e. The Hall–Kier alpha value is -3.45. The smallest absolute Gasteiger partial charge is 0.251 e. The minimum absolute atomic E-state index is 0.248. The van der Waals surface area contributed by atoms with Crippen molar-refractivity contribution in [2.24, 2.45) is 5.73 Å². The van der Waals surface area contributed by atoms with Gasteiger partial charge in [-0.15, -0.1) is 0 Å². The number of rotatable bonds is 7. The number of carbonyl (C=O) groups is 1. The molecule has 6 nitrogen and oxygen atoms in total. The first-order chi connectivity index (χ1) is 14.0. The molecule has 0 bridgehead atoms. The van der Waals surface area contributed by atoms with E-state index in [0.717, 1.165) is 11.1 Å². The lowest BCUT2D eigenvalue weighted by atomic mass is 9.98. The highest BCUT2D eigenvalue weighted by Gasteiger charge is 2.13. The van der Waals surface area contributed by atoms with Gasteiger partial charge in [0.15, 0.2) is 0 Å². The molecule has 1 aromatic heterocycles. The van der Waals surface area contributed by atoms with E-state index in [1.807, 2.05) is 6.07 Å². The van der Waals surface area contributed by atoms with Crippen LogP contribution in [0.25, 0.3) is 11.1 Å². The van der Waals surface area contributed by atoms with Crippen LogP contribution >= 0.6 is 0 Å². The van der Waals surface area contributed by atoms with Gasteiger partial charge in [0.05, 0.1) is 26.5 Å². The molecule has 0 atom stereocenters. The topological polar surface area (TPSA) is 86.5 Å². The maximum Gasteiger partial charge on any atom is 0.251 e. The Morgan fingerprint density at radius 2 is 1.93 bits per heavy atom. The van der Waals surface area contributed by atoms with Crippen molar-refractivity contribution in [3.05, 3.63) is 77.4 Å².